The highest BCUT2D eigenvalue weighted by molar-refractivity contribution is 4.88. The summed E-state index contributed by atoms with van der Waals surface area (Å²) in [6.07, 6.45) is 4.60. The normalized spacial score (nSPS) is 24.7. The maximum atomic E-state index is 9.68. The smallest absolute Gasteiger partial charge is 0.0613 e. The van der Waals surface area contributed by atoms with Gasteiger partial charge in [0.1, 0.15) is 0 Å². The van der Waals surface area contributed by atoms with Crippen LogP contribution in [0.15, 0.2) is 0 Å². The van der Waals surface area contributed by atoms with Gasteiger partial charge in [-0.05, 0) is 44.7 Å². The van der Waals surface area contributed by atoms with E-state index in [1.165, 1.54) is 32.5 Å². The average Bonchev–Trinajstić information content (AvgIpc) is 2.73. The molecule has 0 aromatic carbocycles. The molecule has 0 amide bonds. The molecule has 1 fully saturated rings. The van der Waals surface area contributed by atoms with Crippen LogP contribution < -0.4 is 5.32 Å². The quantitative estimate of drug-likeness (QED) is 0.699. The van der Waals surface area contributed by atoms with Crippen LogP contribution in [0.2, 0.25) is 0 Å². The lowest BCUT2D eigenvalue weighted by Gasteiger charge is -2.35. The first-order valence-electron chi connectivity index (χ1n) is 7.62. The Morgan fingerprint density at radius 3 is 2.61 bits per heavy atom. The van der Waals surface area contributed by atoms with E-state index in [-0.39, 0.29) is 12.1 Å². The molecule has 108 valence electrons. The molecule has 1 aliphatic heterocycles. The van der Waals surface area contributed by atoms with E-state index in [4.69, 9.17) is 0 Å². The first-order valence-corrected chi connectivity index (χ1v) is 7.62. The molecule has 3 nitrogen and oxygen atoms in total. The van der Waals surface area contributed by atoms with Gasteiger partial charge in [-0.15, -0.1) is 0 Å². The highest BCUT2D eigenvalue weighted by Crippen LogP contribution is 2.20. The molecule has 0 saturated carbocycles. The highest BCUT2D eigenvalue weighted by Gasteiger charge is 2.28. The van der Waals surface area contributed by atoms with Crippen molar-refractivity contribution in [1.82, 2.24) is 10.2 Å². The molecule has 0 aromatic heterocycles. The summed E-state index contributed by atoms with van der Waals surface area (Å²) in [5.74, 6) is 0.868. The summed E-state index contributed by atoms with van der Waals surface area (Å²) >= 11 is 0. The Hall–Kier alpha value is -0.120. The highest BCUT2D eigenvalue weighted by atomic mass is 16.3. The number of nitrogens with zero attached hydrogens (tertiary/aromatic N) is 1. The Balaban J connectivity index is 2.33. The summed E-state index contributed by atoms with van der Waals surface area (Å²) in [4.78, 5) is 2.57. The Morgan fingerprint density at radius 1 is 1.44 bits per heavy atom. The molecule has 0 spiro atoms. The fourth-order valence-corrected chi connectivity index (χ4v) is 3.07. The van der Waals surface area contributed by atoms with Gasteiger partial charge >= 0.3 is 0 Å². The molecule has 0 aliphatic carbocycles. The third kappa shape index (κ3) is 4.87. The number of hydrogen-bond donors (Lipinski definition) is 2. The summed E-state index contributed by atoms with van der Waals surface area (Å²) < 4.78 is 0. The van der Waals surface area contributed by atoms with E-state index < -0.39 is 0 Å². The molecule has 2 N–H and O–H groups in total. The second kappa shape index (κ2) is 7.46. The molecule has 2 unspecified atom stereocenters. The Labute approximate surface area is 113 Å². The molecule has 1 heterocycles. The summed E-state index contributed by atoms with van der Waals surface area (Å²) in [5.41, 5.74) is -0.0699. The molecule has 1 rings (SSSR count). The van der Waals surface area contributed by atoms with Crippen molar-refractivity contribution in [3.05, 3.63) is 0 Å². The fraction of sp³-hybridized carbons (Fsp3) is 1.00. The van der Waals surface area contributed by atoms with Crippen molar-refractivity contribution in [2.45, 2.75) is 65.0 Å². The predicted octanol–water partition coefficient (Wildman–Crippen LogP) is 2.25. The Morgan fingerprint density at radius 2 is 2.17 bits per heavy atom. The number of nitrogens with one attached hydrogen (secondary N) is 1. The summed E-state index contributed by atoms with van der Waals surface area (Å²) in [7, 11) is 0. The van der Waals surface area contributed by atoms with Crippen LogP contribution >= 0.6 is 0 Å². The first kappa shape index (κ1) is 15.9. The van der Waals surface area contributed by atoms with E-state index in [1.54, 1.807) is 0 Å². The summed E-state index contributed by atoms with van der Waals surface area (Å²) in [6, 6.07) is 0.434. The number of aliphatic hydroxyl groups is 1. The lowest BCUT2D eigenvalue weighted by molar-refractivity contribution is 0.131. The molecule has 0 bridgehead atoms. The van der Waals surface area contributed by atoms with E-state index in [0.717, 1.165) is 18.8 Å². The minimum Gasteiger partial charge on any atom is -0.394 e. The van der Waals surface area contributed by atoms with Crippen LogP contribution in [0, 0.1) is 5.92 Å². The van der Waals surface area contributed by atoms with Crippen LogP contribution in [0.1, 0.15) is 53.4 Å². The van der Waals surface area contributed by atoms with Crippen LogP contribution in [0.3, 0.4) is 0 Å². The third-order valence-corrected chi connectivity index (χ3v) is 4.21. The van der Waals surface area contributed by atoms with Gasteiger partial charge in [0.2, 0.25) is 0 Å². The van der Waals surface area contributed by atoms with Crippen LogP contribution in [0.5, 0.6) is 0 Å². The van der Waals surface area contributed by atoms with Crippen molar-refractivity contribution < 1.29 is 5.11 Å². The van der Waals surface area contributed by atoms with Crippen LogP contribution in [-0.2, 0) is 0 Å². The second-order valence-corrected chi connectivity index (χ2v) is 6.39. The minimum absolute atomic E-state index is 0.0699. The van der Waals surface area contributed by atoms with Gasteiger partial charge in [-0.1, -0.05) is 27.7 Å². The van der Waals surface area contributed by atoms with E-state index in [9.17, 15) is 5.11 Å². The fourth-order valence-electron chi connectivity index (χ4n) is 3.07. The third-order valence-electron chi connectivity index (χ3n) is 4.21. The van der Waals surface area contributed by atoms with Crippen molar-refractivity contribution in [1.29, 1.82) is 0 Å². The number of hydrogen-bond acceptors (Lipinski definition) is 3. The summed E-state index contributed by atoms with van der Waals surface area (Å²) in [5, 5.41) is 13.2. The molecule has 0 radical (unpaired) electrons. The van der Waals surface area contributed by atoms with Gasteiger partial charge < -0.3 is 15.3 Å². The Kier molecular flexibility index (Phi) is 6.61. The monoisotopic (exact) mass is 256 g/mol. The van der Waals surface area contributed by atoms with E-state index in [2.05, 4.69) is 37.9 Å². The second-order valence-electron chi connectivity index (χ2n) is 6.39. The first-order chi connectivity index (χ1) is 8.51. The SMILES string of the molecule is CCC(CO)(CCCN1CCC(C)C1)NC(C)C. The summed E-state index contributed by atoms with van der Waals surface area (Å²) in [6.45, 7) is 12.8. The molecule has 18 heavy (non-hydrogen) atoms. The van der Waals surface area contributed by atoms with Gasteiger partial charge in [0.15, 0.2) is 0 Å². The van der Waals surface area contributed by atoms with E-state index >= 15 is 0 Å². The van der Waals surface area contributed by atoms with Crippen molar-refractivity contribution in [3.63, 3.8) is 0 Å². The van der Waals surface area contributed by atoms with E-state index in [0.29, 0.717) is 6.04 Å². The van der Waals surface area contributed by atoms with Gasteiger partial charge in [0.25, 0.3) is 0 Å². The maximum Gasteiger partial charge on any atom is 0.0613 e. The van der Waals surface area contributed by atoms with Crippen LogP contribution in [-0.4, -0.2) is 47.8 Å². The van der Waals surface area contributed by atoms with Crippen LogP contribution in [0.4, 0.5) is 0 Å². The number of likely N-dealkylation sites (tertiary alicyclic amines) is 1. The lowest BCUT2D eigenvalue weighted by Crippen LogP contribution is -2.51. The largest absolute Gasteiger partial charge is 0.394 e. The lowest BCUT2D eigenvalue weighted by atomic mass is 9.90. The molecule has 2 atom stereocenters. The molecular formula is C15H32N2O. The molecule has 0 aromatic rings. The molecule has 3 heteroatoms. The average molecular weight is 256 g/mol. The molecule has 1 saturated heterocycles. The zero-order valence-electron chi connectivity index (χ0n) is 12.7. The van der Waals surface area contributed by atoms with E-state index in [1.807, 2.05) is 0 Å². The van der Waals surface area contributed by atoms with Gasteiger partial charge in [-0.25, -0.2) is 0 Å². The molecular weight excluding hydrogens is 224 g/mol. The zero-order valence-corrected chi connectivity index (χ0v) is 12.7. The van der Waals surface area contributed by atoms with Crippen molar-refractivity contribution in [3.8, 4) is 0 Å². The molecule has 1 aliphatic rings. The van der Waals surface area contributed by atoms with Crippen LogP contribution in [0.25, 0.3) is 0 Å². The van der Waals surface area contributed by atoms with Crippen molar-refractivity contribution >= 4 is 0 Å². The topological polar surface area (TPSA) is 35.5 Å². The number of rotatable bonds is 8. The van der Waals surface area contributed by atoms with Gasteiger partial charge in [-0.3, -0.25) is 0 Å². The Bertz CT molecular complexity index is 227. The van der Waals surface area contributed by atoms with Gasteiger partial charge in [0.05, 0.1) is 6.61 Å². The van der Waals surface area contributed by atoms with Crippen molar-refractivity contribution in [2.24, 2.45) is 5.92 Å². The minimum atomic E-state index is -0.0699. The maximum absolute atomic E-state index is 9.68. The zero-order chi connectivity index (χ0) is 13.6. The van der Waals surface area contributed by atoms with Gasteiger partial charge in [0, 0.05) is 18.1 Å². The van der Waals surface area contributed by atoms with Gasteiger partial charge in [-0.2, -0.15) is 0 Å². The number of aliphatic hydroxyl groups excluding tert-OH is 1. The standard InChI is InChI=1S/C15H32N2O/c1-5-15(12-18,16-13(2)3)8-6-9-17-10-7-14(4)11-17/h13-14,16,18H,5-12H2,1-4H3. The van der Waals surface area contributed by atoms with Crippen molar-refractivity contribution in [2.75, 3.05) is 26.2 Å². The predicted molar refractivity (Wildman–Crippen MR) is 77.8 cm³/mol.